The first-order valence-corrected chi connectivity index (χ1v) is 3.90. The van der Waals surface area contributed by atoms with Crippen LogP contribution in [0.5, 0.6) is 0 Å². The molecule has 1 heteroatoms. The van der Waals surface area contributed by atoms with E-state index in [9.17, 15) is 0 Å². The van der Waals surface area contributed by atoms with Gasteiger partial charge in [0.1, 0.15) is 0 Å². The quantitative estimate of drug-likeness (QED) is 0.485. The zero-order valence-electron chi connectivity index (χ0n) is 4.91. The van der Waals surface area contributed by atoms with Gasteiger partial charge in [-0.05, 0) is 0 Å². The molecular formula is C5H11Zn. The average molecular weight is 137 g/mol. The van der Waals surface area contributed by atoms with Crippen molar-refractivity contribution in [3.05, 3.63) is 0 Å². The van der Waals surface area contributed by atoms with Crippen LogP contribution >= 0.6 is 0 Å². The normalized spacial score (nSPS) is 12.2. The van der Waals surface area contributed by atoms with E-state index in [1.807, 2.05) is 0 Å². The van der Waals surface area contributed by atoms with Gasteiger partial charge >= 0.3 is 49.5 Å². The molecule has 0 amide bonds. The van der Waals surface area contributed by atoms with Gasteiger partial charge in [-0.25, -0.2) is 0 Å². The fraction of sp³-hybridized carbons (Fsp3) is 1.00. The molecule has 0 aromatic heterocycles. The third-order valence-corrected chi connectivity index (χ3v) is 2.01. The molecule has 6 heavy (non-hydrogen) atoms. The molecule has 0 nitrogen and oxygen atoms in total. The van der Waals surface area contributed by atoms with Crippen LogP contribution in [0.1, 0.15) is 27.2 Å². The van der Waals surface area contributed by atoms with Gasteiger partial charge in [0.05, 0.1) is 0 Å². The summed E-state index contributed by atoms with van der Waals surface area (Å²) < 4.78 is 0.667. The molecule has 0 bridgehead atoms. The van der Waals surface area contributed by atoms with Gasteiger partial charge in [0, 0.05) is 0 Å². The van der Waals surface area contributed by atoms with Crippen LogP contribution in [0, 0.1) is 0 Å². The van der Waals surface area contributed by atoms with Crippen molar-refractivity contribution < 1.29 is 18.3 Å². The summed E-state index contributed by atoms with van der Waals surface area (Å²) in [5, 5.41) is 0. The van der Waals surface area contributed by atoms with Crippen molar-refractivity contribution in [1.82, 2.24) is 0 Å². The van der Waals surface area contributed by atoms with Crippen molar-refractivity contribution >= 4 is 0 Å². The molecule has 0 unspecified atom stereocenters. The van der Waals surface area contributed by atoms with Crippen LogP contribution in [0.25, 0.3) is 0 Å². The molecule has 0 aromatic carbocycles. The second kappa shape index (κ2) is 2.07. The number of rotatable bonds is 1. The van der Waals surface area contributed by atoms with Crippen LogP contribution in [-0.2, 0) is 18.3 Å². The van der Waals surface area contributed by atoms with Gasteiger partial charge in [-0.15, -0.1) is 0 Å². The van der Waals surface area contributed by atoms with Crippen LogP contribution in [-0.4, -0.2) is 0 Å². The van der Waals surface area contributed by atoms with E-state index in [0.29, 0.717) is 4.01 Å². The first kappa shape index (κ1) is 6.62. The Morgan fingerprint density at radius 3 is 1.67 bits per heavy atom. The van der Waals surface area contributed by atoms with E-state index in [4.69, 9.17) is 0 Å². The summed E-state index contributed by atoms with van der Waals surface area (Å²) in [6.45, 7) is 6.84. The van der Waals surface area contributed by atoms with Gasteiger partial charge in [-0.3, -0.25) is 0 Å². The minimum atomic E-state index is 0.667. The Balaban J connectivity index is 3.17. The van der Waals surface area contributed by atoms with Gasteiger partial charge in [0.15, 0.2) is 0 Å². The molecule has 0 aromatic rings. The average Bonchev–Trinajstić information content (AvgIpc) is 1.35. The van der Waals surface area contributed by atoms with E-state index >= 15 is 0 Å². The Bertz CT molecular complexity index is 33.7. The van der Waals surface area contributed by atoms with E-state index < -0.39 is 0 Å². The first-order chi connectivity index (χ1) is 2.56. The Kier molecular flexibility index (Phi) is 2.28. The molecule has 0 aliphatic rings. The molecule has 0 spiro atoms. The zero-order chi connectivity index (χ0) is 5.21. The zero-order valence-corrected chi connectivity index (χ0v) is 7.88. The summed E-state index contributed by atoms with van der Waals surface area (Å²) in [7, 11) is 0. The number of hydrogen-bond donors (Lipinski definition) is 0. The topological polar surface area (TPSA) is 0 Å². The molecule has 0 fully saturated rings. The van der Waals surface area contributed by atoms with Crippen LogP contribution in [0.2, 0.25) is 4.01 Å². The van der Waals surface area contributed by atoms with Crippen molar-refractivity contribution in [2.45, 2.75) is 31.2 Å². The van der Waals surface area contributed by atoms with E-state index in [1.165, 1.54) is 24.7 Å². The van der Waals surface area contributed by atoms with Crippen molar-refractivity contribution in [3.8, 4) is 0 Å². The molecule has 0 aliphatic carbocycles. The Labute approximate surface area is 50.0 Å². The van der Waals surface area contributed by atoms with Crippen LogP contribution in [0.15, 0.2) is 0 Å². The molecule has 0 atom stereocenters. The standard InChI is InChI=1S/C5H11.Zn/c1-4-5(2)3;/h4H2,1-3H3;. The molecule has 0 saturated carbocycles. The summed E-state index contributed by atoms with van der Waals surface area (Å²) in [5.41, 5.74) is 0. The molecule has 0 rings (SSSR count). The van der Waals surface area contributed by atoms with Crippen LogP contribution < -0.4 is 0 Å². The fourth-order valence-corrected chi connectivity index (χ4v) is 0. The summed E-state index contributed by atoms with van der Waals surface area (Å²) in [4.78, 5) is 0. The first-order valence-electron chi connectivity index (χ1n) is 2.41. The molecule has 0 radical (unpaired) electrons. The maximum absolute atomic E-state index is 2.30. The van der Waals surface area contributed by atoms with Crippen molar-refractivity contribution in [2.75, 3.05) is 0 Å². The SMILES string of the molecule is CC[C](C)(C)[Zn]. The Morgan fingerprint density at radius 1 is 1.50 bits per heavy atom. The van der Waals surface area contributed by atoms with Gasteiger partial charge in [0.25, 0.3) is 0 Å². The third kappa shape index (κ3) is 4.62. The van der Waals surface area contributed by atoms with E-state index in [0.717, 1.165) is 0 Å². The van der Waals surface area contributed by atoms with Gasteiger partial charge in [-0.1, -0.05) is 0 Å². The second-order valence-electron chi connectivity index (χ2n) is 2.52. The number of hydrogen-bond acceptors (Lipinski definition) is 0. The van der Waals surface area contributed by atoms with Gasteiger partial charge in [-0.2, -0.15) is 0 Å². The molecular weight excluding hydrogens is 125 g/mol. The summed E-state index contributed by atoms with van der Waals surface area (Å²) in [5.74, 6) is 0. The molecule has 0 heterocycles. The van der Waals surface area contributed by atoms with E-state index in [2.05, 4.69) is 20.8 Å². The van der Waals surface area contributed by atoms with Crippen LogP contribution in [0.4, 0.5) is 0 Å². The van der Waals surface area contributed by atoms with Crippen molar-refractivity contribution in [2.24, 2.45) is 0 Å². The monoisotopic (exact) mass is 135 g/mol. The predicted octanol–water partition coefficient (Wildman–Crippen LogP) is 2.14. The molecule has 0 aliphatic heterocycles. The summed E-state index contributed by atoms with van der Waals surface area (Å²) >= 11 is 1.42. The molecule has 0 saturated heterocycles. The van der Waals surface area contributed by atoms with Crippen molar-refractivity contribution in [1.29, 1.82) is 0 Å². The van der Waals surface area contributed by atoms with E-state index in [1.54, 1.807) is 0 Å². The summed E-state index contributed by atoms with van der Waals surface area (Å²) in [6.07, 6.45) is 1.33. The Morgan fingerprint density at radius 2 is 1.67 bits per heavy atom. The fourth-order valence-electron chi connectivity index (χ4n) is 0. The maximum atomic E-state index is 2.30. The van der Waals surface area contributed by atoms with Gasteiger partial charge < -0.3 is 0 Å². The predicted molar refractivity (Wildman–Crippen MR) is 24.3 cm³/mol. The van der Waals surface area contributed by atoms with Crippen molar-refractivity contribution in [3.63, 3.8) is 0 Å². The molecule has 0 N–H and O–H groups in total. The van der Waals surface area contributed by atoms with Crippen LogP contribution in [0.3, 0.4) is 0 Å². The van der Waals surface area contributed by atoms with Gasteiger partial charge in [0.2, 0.25) is 0 Å². The minimum absolute atomic E-state index is 0.667. The Hall–Kier alpha value is 0.623. The second-order valence-corrected chi connectivity index (χ2v) is 6.53. The molecule has 33 valence electrons. The summed E-state index contributed by atoms with van der Waals surface area (Å²) in [6, 6.07) is 0. The third-order valence-electron chi connectivity index (χ3n) is 0.957. The van der Waals surface area contributed by atoms with E-state index in [-0.39, 0.29) is 0 Å².